The van der Waals surface area contributed by atoms with Gasteiger partial charge in [-0.2, -0.15) is 4.98 Å². The van der Waals surface area contributed by atoms with Crippen molar-refractivity contribution in [1.82, 2.24) is 19.7 Å². The van der Waals surface area contributed by atoms with Gasteiger partial charge in [0.15, 0.2) is 0 Å². The van der Waals surface area contributed by atoms with Gasteiger partial charge in [0.25, 0.3) is 0 Å². The van der Waals surface area contributed by atoms with Gasteiger partial charge in [-0.05, 0) is 24.3 Å². The van der Waals surface area contributed by atoms with E-state index < -0.39 is 0 Å². The largest absolute Gasteiger partial charge is 0.367 e. The SMILES string of the molecule is CSc1nc2n(n1)[C@H](c1cc[nH]c1)[C@H]1C(=O)CCC=C1N2. The molecule has 0 aromatic carbocycles. The van der Waals surface area contributed by atoms with Crippen LogP contribution in [0.4, 0.5) is 5.95 Å². The number of H-pyrrole nitrogens is 1. The normalized spacial score (nSPS) is 24.0. The van der Waals surface area contributed by atoms with Crippen molar-refractivity contribution >= 4 is 23.5 Å². The van der Waals surface area contributed by atoms with Crippen LogP contribution in [-0.2, 0) is 4.79 Å². The lowest BCUT2D eigenvalue weighted by Gasteiger charge is -2.35. The Morgan fingerprint density at radius 3 is 3.14 bits per heavy atom. The molecule has 6 nitrogen and oxygen atoms in total. The van der Waals surface area contributed by atoms with Gasteiger partial charge >= 0.3 is 0 Å². The molecule has 0 bridgehead atoms. The van der Waals surface area contributed by atoms with Crippen molar-refractivity contribution in [3.05, 3.63) is 35.8 Å². The number of fused-ring (bicyclic) bond motifs is 2. The molecule has 2 aromatic rings. The highest BCUT2D eigenvalue weighted by Crippen LogP contribution is 2.41. The third-order valence-electron chi connectivity index (χ3n) is 4.03. The van der Waals surface area contributed by atoms with Crippen molar-refractivity contribution in [1.29, 1.82) is 0 Å². The number of anilines is 1. The summed E-state index contributed by atoms with van der Waals surface area (Å²) in [5.41, 5.74) is 2.02. The summed E-state index contributed by atoms with van der Waals surface area (Å²) >= 11 is 1.50. The Kier molecular flexibility index (Phi) is 2.88. The minimum atomic E-state index is -0.196. The van der Waals surface area contributed by atoms with Gasteiger partial charge in [-0.15, -0.1) is 5.10 Å². The van der Waals surface area contributed by atoms with E-state index in [1.165, 1.54) is 11.8 Å². The Hall–Kier alpha value is -2.02. The van der Waals surface area contributed by atoms with Crippen LogP contribution in [0.25, 0.3) is 0 Å². The second kappa shape index (κ2) is 4.77. The second-order valence-corrected chi connectivity index (χ2v) is 6.00. The van der Waals surface area contributed by atoms with Crippen LogP contribution in [0.15, 0.2) is 35.4 Å². The van der Waals surface area contributed by atoms with Crippen molar-refractivity contribution in [2.45, 2.75) is 24.0 Å². The molecule has 0 amide bonds. The number of aromatic amines is 1. The van der Waals surface area contributed by atoms with Crippen LogP contribution in [0.5, 0.6) is 0 Å². The van der Waals surface area contributed by atoms with Crippen LogP contribution in [0.1, 0.15) is 24.4 Å². The van der Waals surface area contributed by atoms with Crippen molar-refractivity contribution in [2.24, 2.45) is 5.92 Å². The van der Waals surface area contributed by atoms with E-state index in [4.69, 9.17) is 0 Å². The number of rotatable bonds is 2. The van der Waals surface area contributed by atoms with Gasteiger partial charge in [-0.1, -0.05) is 17.8 Å². The maximum atomic E-state index is 12.5. The summed E-state index contributed by atoms with van der Waals surface area (Å²) in [5.74, 6) is 0.777. The summed E-state index contributed by atoms with van der Waals surface area (Å²) in [6.45, 7) is 0. The molecular weight excluding hydrogens is 286 g/mol. The molecule has 2 aromatic heterocycles. The lowest BCUT2D eigenvalue weighted by atomic mass is 9.81. The number of hydrogen-bond donors (Lipinski definition) is 2. The molecule has 0 fully saturated rings. The second-order valence-electron chi connectivity index (χ2n) is 5.22. The minimum absolute atomic E-state index is 0.125. The Morgan fingerprint density at radius 1 is 1.48 bits per heavy atom. The molecule has 7 heteroatoms. The van der Waals surface area contributed by atoms with Gasteiger partial charge in [-0.3, -0.25) is 4.79 Å². The highest BCUT2D eigenvalue weighted by Gasteiger charge is 2.41. The van der Waals surface area contributed by atoms with E-state index in [2.05, 4.69) is 26.5 Å². The first-order valence-corrected chi connectivity index (χ1v) is 8.13. The zero-order chi connectivity index (χ0) is 14.4. The number of carbonyl (C=O) groups excluding carboxylic acids is 1. The molecule has 4 rings (SSSR count). The third kappa shape index (κ3) is 1.91. The van der Waals surface area contributed by atoms with E-state index in [9.17, 15) is 4.79 Å². The van der Waals surface area contributed by atoms with Gasteiger partial charge in [0.05, 0.1) is 12.0 Å². The topological polar surface area (TPSA) is 75.6 Å². The number of hydrogen-bond acceptors (Lipinski definition) is 5. The Morgan fingerprint density at radius 2 is 2.38 bits per heavy atom. The summed E-state index contributed by atoms with van der Waals surface area (Å²) in [4.78, 5) is 20.0. The average molecular weight is 301 g/mol. The fourth-order valence-electron chi connectivity index (χ4n) is 3.09. The van der Waals surface area contributed by atoms with Gasteiger partial charge in [0.1, 0.15) is 5.78 Å². The standard InChI is InChI=1S/C14H15N5OS/c1-21-14-17-13-16-9-3-2-4-10(20)11(9)12(19(13)18-14)8-5-6-15-7-8/h3,5-7,11-12,15H,2,4H2,1H3,(H,16,17,18)/t11-,12-/m1/s1. The molecule has 0 saturated heterocycles. The molecule has 1 aliphatic carbocycles. The number of aromatic nitrogens is 4. The molecule has 108 valence electrons. The van der Waals surface area contributed by atoms with E-state index in [1.54, 1.807) is 0 Å². The van der Waals surface area contributed by atoms with Crippen molar-refractivity contribution in [3.63, 3.8) is 0 Å². The molecule has 0 spiro atoms. The highest BCUT2D eigenvalue weighted by atomic mass is 32.2. The number of allylic oxidation sites excluding steroid dienone is 2. The van der Waals surface area contributed by atoms with Gasteiger partial charge in [0, 0.05) is 24.5 Å². The lowest BCUT2D eigenvalue weighted by Crippen LogP contribution is -2.38. The third-order valence-corrected chi connectivity index (χ3v) is 4.57. The van der Waals surface area contributed by atoms with E-state index >= 15 is 0 Å². The summed E-state index contributed by atoms with van der Waals surface area (Å²) in [5, 5.41) is 8.54. The van der Waals surface area contributed by atoms with E-state index in [0.29, 0.717) is 17.5 Å². The Bertz CT molecular complexity index is 718. The molecule has 2 aliphatic rings. The summed E-state index contributed by atoms with van der Waals surface area (Å²) in [7, 11) is 0. The van der Waals surface area contributed by atoms with Crippen LogP contribution in [-0.4, -0.2) is 31.8 Å². The first-order valence-electron chi connectivity index (χ1n) is 6.91. The molecule has 0 saturated carbocycles. The Labute approximate surface area is 126 Å². The highest BCUT2D eigenvalue weighted by molar-refractivity contribution is 7.98. The molecular formula is C14H15N5OS. The molecule has 1 aliphatic heterocycles. The lowest BCUT2D eigenvalue weighted by molar-refractivity contribution is -0.123. The summed E-state index contributed by atoms with van der Waals surface area (Å²) in [6, 6.07) is 1.87. The van der Waals surface area contributed by atoms with E-state index in [1.807, 2.05) is 29.4 Å². The van der Waals surface area contributed by atoms with Gasteiger partial charge in [0.2, 0.25) is 11.1 Å². The van der Waals surface area contributed by atoms with Gasteiger partial charge < -0.3 is 10.3 Å². The number of ketones is 1. The first-order chi connectivity index (χ1) is 10.3. The molecule has 3 heterocycles. The van der Waals surface area contributed by atoms with Gasteiger partial charge in [-0.25, -0.2) is 4.68 Å². The predicted molar refractivity (Wildman–Crippen MR) is 80.2 cm³/mol. The van der Waals surface area contributed by atoms with Crippen molar-refractivity contribution in [2.75, 3.05) is 11.6 Å². The summed E-state index contributed by atoms with van der Waals surface area (Å²) < 4.78 is 1.85. The fourth-order valence-corrected chi connectivity index (χ4v) is 3.44. The van der Waals surface area contributed by atoms with E-state index in [0.717, 1.165) is 17.7 Å². The van der Waals surface area contributed by atoms with Crippen molar-refractivity contribution < 1.29 is 4.79 Å². The quantitative estimate of drug-likeness (QED) is 0.832. The average Bonchev–Trinajstić information content (AvgIpc) is 3.14. The maximum Gasteiger partial charge on any atom is 0.227 e. The number of carbonyl (C=O) groups is 1. The predicted octanol–water partition coefficient (Wildman–Crippen LogP) is 2.21. The first kappa shape index (κ1) is 12.7. The zero-order valence-electron chi connectivity index (χ0n) is 11.5. The van der Waals surface area contributed by atoms with Crippen LogP contribution in [0.3, 0.4) is 0 Å². The maximum absolute atomic E-state index is 12.5. The monoisotopic (exact) mass is 301 g/mol. The minimum Gasteiger partial charge on any atom is -0.367 e. The van der Waals surface area contributed by atoms with Crippen LogP contribution >= 0.6 is 11.8 Å². The zero-order valence-corrected chi connectivity index (χ0v) is 12.4. The van der Waals surface area contributed by atoms with Crippen LogP contribution in [0.2, 0.25) is 0 Å². The molecule has 21 heavy (non-hydrogen) atoms. The molecule has 2 atom stereocenters. The number of thioether (sulfide) groups is 1. The van der Waals surface area contributed by atoms with Crippen LogP contribution in [0, 0.1) is 5.92 Å². The Balaban J connectivity index is 1.90. The van der Waals surface area contributed by atoms with Crippen molar-refractivity contribution in [3.8, 4) is 0 Å². The number of Topliss-reactive ketones (excluding diaryl/α,β-unsaturated/α-hetero) is 1. The fraction of sp³-hybridized carbons (Fsp3) is 0.357. The number of nitrogens with zero attached hydrogens (tertiary/aromatic N) is 3. The smallest absolute Gasteiger partial charge is 0.227 e. The molecule has 0 radical (unpaired) electrons. The van der Waals surface area contributed by atoms with Crippen LogP contribution < -0.4 is 5.32 Å². The number of nitrogens with one attached hydrogen (secondary N) is 2. The molecule has 2 N–H and O–H groups in total. The summed E-state index contributed by atoms with van der Waals surface area (Å²) in [6.07, 6.45) is 9.25. The van der Waals surface area contributed by atoms with E-state index in [-0.39, 0.29) is 17.7 Å². The molecule has 0 unspecified atom stereocenters.